The van der Waals surface area contributed by atoms with E-state index in [0.717, 1.165) is 40.7 Å². The molecule has 3 fully saturated rings. The number of terminal acetylenes is 1. The monoisotopic (exact) mass is 978 g/mol. The van der Waals surface area contributed by atoms with Crippen LogP contribution in [-0.2, 0) is 26.7 Å². The van der Waals surface area contributed by atoms with E-state index in [2.05, 4.69) is 53.3 Å². The van der Waals surface area contributed by atoms with E-state index in [-0.39, 0.29) is 47.1 Å². The summed E-state index contributed by atoms with van der Waals surface area (Å²) >= 11 is 0. The van der Waals surface area contributed by atoms with Gasteiger partial charge in [-0.05, 0) is 104 Å². The zero-order valence-electron chi connectivity index (χ0n) is 41.0. The molecule has 11 nitrogen and oxygen atoms in total. The molecule has 0 unspecified atom stereocenters. The number of aromatic nitrogens is 4. The third-order valence-corrected chi connectivity index (χ3v) is 15.9. The lowest BCUT2D eigenvalue weighted by Crippen LogP contribution is -2.50. The second-order valence-electron chi connectivity index (χ2n) is 20.2. The Labute approximate surface area is 419 Å². The van der Waals surface area contributed by atoms with Crippen LogP contribution in [0.2, 0.25) is 0 Å². The van der Waals surface area contributed by atoms with E-state index in [1.807, 2.05) is 111 Å². The SMILES string of the molecule is C#Cc1ccc(COc2c(-c3c(C)c(F)cc4nn(C(c5ccccc5)(c5ccccc5)c5ccccc5)cc34)c(C3CC3)cc3c(N4C[C@@H]5C[C@H]4CN5C(=O)OC(C)(C)C)nc(S(=O)(=O)CC)nc23)cc1. The summed E-state index contributed by atoms with van der Waals surface area (Å²) in [7, 11) is -4.01. The first-order valence-electron chi connectivity index (χ1n) is 24.6. The second-order valence-corrected chi connectivity index (χ2v) is 22.4. The first kappa shape index (κ1) is 46.8. The van der Waals surface area contributed by atoms with Crippen LogP contribution in [-0.4, -0.2) is 75.7 Å². The number of halogens is 1. The van der Waals surface area contributed by atoms with Crippen molar-refractivity contribution in [2.45, 2.75) is 94.8 Å². The lowest BCUT2D eigenvalue weighted by Gasteiger charge is -2.36. The Kier molecular flexibility index (Phi) is 11.7. The van der Waals surface area contributed by atoms with Crippen molar-refractivity contribution in [2.24, 2.45) is 0 Å². The average molecular weight is 979 g/mol. The number of hydrogen-bond donors (Lipinski definition) is 0. The van der Waals surface area contributed by atoms with Crippen molar-refractivity contribution in [2.75, 3.05) is 23.7 Å². The first-order chi connectivity index (χ1) is 34.7. The molecule has 1 amide bonds. The topological polar surface area (TPSA) is 120 Å². The van der Waals surface area contributed by atoms with Crippen LogP contribution in [0.25, 0.3) is 32.9 Å². The molecule has 11 rings (SSSR count). The predicted octanol–water partition coefficient (Wildman–Crippen LogP) is 11.4. The fraction of sp³-hybridized carbons (Fsp3) is 0.288. The van der Waals surface area contributed by atoms with Crippen molar-refractivity contribution in [3.05, 3.63) is 178 Å². The third-order valence-electron chi connectivity index (χ3n) is 14.4. The molecule has 3 aliphatic rings. The molecule has 13 heteroatoms. The number of nitrogens with zero attached hydrogens (tertiary/aromatic N) is 6. The van der Waals surface area contributed by atoms with Crippen molar-refractivity contribution < 1.29 is 27.1 Å². The molecule has 72 heavy (non-hydrogen) atoms. The molecule has 2 atom stereocenters. The number of carbonyl (C=O) groups is 1. The number of fused-ring (bicyclic) bond motifs is 4. The lowest BCUT2D eigenvalue weighted by atomic mass is 9.77. The average Bonchev–Trinajstić information content (AvgIpc) is 3.83. The molecular formula is C59H55FN6O5S. The van der Waals surface area contributed by atoms with Crippen molar-refractivity contribution in [3.8, 4) is 29.2 Å². The minimum atomic E-state index is -4.01. The Morgan fingerprint density at radius 3 is 1.99 bits per heavy atom. The van der Waals surface area contributed by atoms with Gasteiger partial charge in [0.1, 0.15) is 34.9 Å². The molecule has 0 radical (unpaired) electrons. The zero-order valence-corrected chi connectivity index (χ0v) is 41.8. The molecule has 364 valence electrons. The standard InChI is InChI=1S/C59H55FN6O5S/c1-7-38-24-26-39(27-25-38)36-70-54-52(46(40-28-29-40)31-47-53(54)61-56(72(68,69)8-2)62-55(47)64-33-45-30-44(64)34-65(45)57(67)71-58(4,5)6)51-37(3)49(60)32-50-48(51)35-66(63-50)59(41-18-12-9-13-19-41,42-20-14-10-15-21-42)43-22-16-11-17-23-43/h1,9-27,31-32,35,40,44-45H,8,28-30,33-34,36H2,2-6H3/t44-,45-/m0/s1. The molecular weight excluding hydrogens is 924 g/mol. The number of likely N-dealkylation sites (tertiary alicyclic amines) is 1. The van der Waals surface area contributed by atoms with Crippen LogP contribution in [0.3, 0.4) is 0 Å². The molecule has 0 spiro atoms. The zero-order chi connectivity index (χ0) is 50.1. The molecule has 2 aliphatic heterocycles. The van der Waals surface area contributed by atoms with Gasteiger partial charge in [0.05, 0.1) is 23.4 Å². The summed E-state index contributed by atoms with van der Waals surface area (Å²) in [4.78, 5) is 27.2. The fourth-order valence-electron chi connectivity index (χ4n) is 10.8. The van der Waals surface area contributed by atoms with Crippen molar-refractivity contribution in [1.82, 2.24) is 24.6 Å². The number of carbonyl (C=O) groups excluding carboxylic acids is 1. The molecule has 6 aromatic carbocycles. The van der Waals surface area contributed by atoms with Crippen LogP contribution >= 0.6 is 0 Å². The van der Waals surface area contributed by atoms with Gasteiger partial charge in [-0.2, -0.15) is 5.10 Å². The van der Waals surface area contributed by atoms with Gasteiger partial charge in [0.25, 0.3) is 0 Å². The smallest absolute Gasteiger partial charge is 0.410 e. The maximum absolute atomic E-state index is 17.1. The Balaban J connectivity index is 1.19. The number of piperazine rings is 1. The van der Waals surface area contributed by atoms with Gasteiger partial charge in [-0.15, -0.1) is 6.42 Å². The summed E-state index contributed by atoms with van der Waals surface area (Å²) in [5, 5.41) is 6.31. The minimum absolute atomic E-state index is 0.0609. The maximum Gasteiger partial charge on any atom is 0.410 e. The van der Waals surface area contributed by atoms with E-state index in [1.165, 1.54) is 6.07 Å². The summed E-state index contributed by atoms with van der Waals surface area (Å²) in [6.45, 7) is 9.75. The lowest BCUT2D eigenvalue weighted by molar-refractivity contribution is 0.0214. The van der Waals surface area contributed by atoms with E-state index >= 15 is 4.39 Å². The van der Waals surface area contributed by atoms with Crippen LogP contribution in [0.5, 0.6) is 5.75 Å². The van der Waals surface area contributed by atoms with E-state index in [1.54, 1.807) is 18.7 Å². The number of amides is 1. The first-order valence-corrected chi connectivity index (χ1v) is 26.3. The molecule has 2 bridgehead atoms. The molecule has 2 aromatic heterocycles. The number of anilines is 1. The Hall–Kier alpha value is -7.56. The van der Waals surface area contributed by atoms with E-state index in [0.29, 0.717) is 69.6 Å². The number of rotatable bonds is 12. The highest BCUT2D eigenvalue weighted by atomic mass is 32.2. The molecule has 1 saturated carbocycles. The van der Waals surface area contributed by atoms with Crippen LogP contribution in [0, 0.1) is 25.1 Å². The van der Waals surface area contributed by atoms with Crippen molar-refractivity contribution in [3.63, 3.8) is 0 Å². The highest BCUT2D eigenvalue weighted by Gasteiger charge is 2.48. The van der Waals surface area contributed by atoms with Gasteiger partial charge in [-0.25, -0.2) is 27.6 Å². The maximum atomic E-state index is 17.1. The molecule has 0 N–H and O–H groups in total. The Bertz CT molecular complexity index is 3460. The summed E-state index contributed by atoms with van der Waals surface area (Å²) in [5.41, 5.74) is 5.94. The number of sulfone groups is 1. The number of hydrogen-bond acceptors (Lipinski definition) is 9. The van der Waals surface area contributed by atoms with E-state index in [4.69, 9.17) is 31.0 Å². The highest BCUT2D eigenvalue weighted by Crippen LogP contribution is 2.54. The summed E-state index contributed by atoms with van der Waals surface area (Å²) in [6.07, 6.45) is 9.79. The normalized spacial score (nSPS) is 16.9. The van der Waals surface area contributed by atoms with Crippen molar-refractivity contribution in [1.29, 1.82) is 0 Å². The van der Waals surface area contributed by atoms with Gasteiger partial charge >= 0.3 is 6.09 Å². The van der Waals surface area contributed by atoms with Gasteiger partial charge in [0.2, 0.25) is 15.0 Å². The van der Waals surface area contributed by atoms with Gasteiger partial charge in [-0.3, -0.25) is 4.68 Å². The van der Waals surface area contributed by atoms with Crippen LogP contribution in [0.15, 0.2) is 139 Å². The van der Waals surface area contributed by atoms with E-state index in [9.17, 15) is 13.2 Å². The summed E-state index contributed by atoms with van der Waals surface area (Å²) < 4.78 is 60.3. The largest absolute Gasteiger partial charge is 0.486 e. The third kappa shape index (κ3) is 8.11. The fourth-order valence-corrected chi connectivity index (χ4v) is 11.5. The van der Waals surface area contributed by atoms with Crippen LogP contribution < -0.4 is 9.64 Å². The predicted molar refractivity (Wildman–Crippen MR) is 278 cm³/mol. The van der Waals surface area contributed by atoms with Gasteiger partial charge < -0.3 is 19.3 Å². The quantitative estimate of drug-likeness (QED) is 0.0669. The second kappa shape index (κ2) is 17.9. The summed E-state index contributed by atoms with van der Waals surface area (Å²) in [5.74, 6) is 2.82. The van der Waals surface area contributed by atoms with Crippen LogP contribution in [0.4, 0.5) is 15.0 Å². The molecule has 8 aromatic rings. The highest BCUT2D eigenvalue weighted by molar-refractivity contribution is 7.91. The molecule has 2 saturated heterocycles. The minimum Gasteiger partial charge on any atom is -0.486 e. The number of ether oxygens (including phenoxy) is 2. The number of benzene rings is 6. The molecule has 1 aliphatic carbocycles. The van der Waals surface area contributed by atoms with Gasteiger partial charge in [0, 0.05) is 52.8 Å². The van der Waals surface area contributed by atoms with Crippen molar-refractivity contribution >= 4 is 43.6 Å². The van der Waals surface area contributed by atoms with E-state index < -0.39 is 26.8 Å². The van der Waals surface area contributed by atoms with Gasteiger partial charge in [0.15, 0.2) is 5.75 Å². The Morgan fingerprint density at radius 2 is 1.44 bits per heavy atom. The Morgan fingerprint density at radius 1 is 0.819 bits per heavy atom. The van der Waals surface area contributed by atoms with Crippen LogP contribution in [0.1, 0.15) is 91.8 Å². The summed E-state index contributed by atoms with van der Waals surface area (Å²) in [6, 6.07) is 41.4. The molecule has 4 heterocycles. The van der Waals surface area contributed by atoms with Gasteiger partial charge in [-0.1, -0.05) is 116 Å².